The maximum atomic E-state index is 12.9. The minimum Gasteiger partial charge on any atom is -0.376 e. The van der Waals surface area contributed by atoms with Crippen LogP contribution in [-0.4, -0.2) is 30.4 Å². The van der Waals surface area contributed by atoms with E-state index < -0.39 is 0 Å². The van der Waals surface area contributed by atoms with Gasteiger partial charge in [0.2, 0.25) is 0 Å². The number of fused-ring (bicyclic) bond motifs is 1. The molecule has 0 saturated heterocycles. The Bertz CT molecular complexity index is 630. The summed E-state index contributed by atoms with van der Waals surface area (Å²) in [6.45, 7) is 6.70. The van der Waals surface area contributed by atoms with Crippen LogP contribution in [0.15, 0.2) is 36.0 Å². The number of hydrogen-bond donors (Lipinski definition) is 0. The Morgan fingerprint density at radius 2 is 2.08 bits per heavy atom. The molecule has 0 aromatic heterocycles. The zero-order valence-electron chi connectivity index (χ0n) is 14.8. The number of carbonyl (C=O) groups excluding carboxylic acids is 1. The molecule has 0 saturated carbocycles. The number of nitriles is 1. The lowest BCUT2D eigenvalue weighted by Gasteiger charge is -2.29. The second-order valence-electron chi connectivity index (χ2n) is 6.23. The van der Waals surface area contributed by atoms with Crippen molar-refractivity contribution in [3.05, 3.63) is 41.6 Å². The highest BCUT2D eigenvalue weighted by Crippen LogP contribution is 2.27. The number of anilines is 1. The third-order valence-electron chi connectivity index (χ3n) is 4.33. The van der Waals surface area contributed by atoms with Crippen LogP contribution in [0.25, 0.3) is 0 Å². The van der Waals surface area contributed by atoms with E-state index in [0.29, 0.717) is 6.54 Å². The monoisotopic (exact) mass is 325 g/mol. The van der Waals surface area contributed by atoms with Crippen LogP contribution in [0.2, 0.25) is 0 Å². The molecule has 0 unspecified atom stereocenters. The van der Waals surface area contributed by atoms with Crippen molar-refractivity contribution < 1.29 is 4.79 Å². The van der Waals surface area contributed by atoms with Gasteiger partial charge in [-0.3, -0.25) is 4.79 Å². The number of amides is 1. The van der Waals surface area contributed by atoms with Gasteiger partial charge in [-0.2, -0.15) is 5.26 Å². The topological polar surface area (TPSA) is 47.3 Å². The summed E-state index contributed by atoms with van der Waals surface area (Å²) >= 11 is 0. The maximum absolute atomic E-state index is 12.9. The molecule has 0 fully saturated rings. The van der Waals surface area contributed by atoms with Crippen LogP contribution >= 0.6 is 0 Å². The zero-order chi connectivity index (χ0) is 17.4. The van der Waals surface area contributed by atoms with Crippen LogP contribution < -0.4 is 4.90 Å². The highest BCUT2D eigenvalue weighted by Gasteiger charge is 2.25. The van der Waals surface area contributed by atoms with E-state index in [9.17, 15) is 10.1 Å². The molecule has 2 rings (SSSR count). The van der Waals surface area contributed by atoms with Gasteiger partial charge in [-0.15, -0.1) is 0 Å². The lowest BCUT2D eigenvalue weighted by atomic mass is 10.0. The fourth-order valence-corrected chi connectivity index (χ4v) is 3.09. The zero-order valence-corrected chi connectivity index (χ0v) is 14.8. The number of benzene rings is 1. The van der Waals surface area contributed by atoms with Crippen LogP contribution in [-0.2, 0) is 11.2 Å². The molecule has 0 atom stereocenters. The first kappa shape index (κ1) is 18.1. The van der Waals surface area contributed by atoms with Gasteiger partial charge < -0.3 is 9.80 Å². The average Bonchev–Trinajstić information content (AvgIpc) is 2.63. The Morgan fingerprint density at radius 1 is 1.29 bits per heavy atom. The van der Waals surface area contributed by atoms with Crippen LogP contribution in [0.5, 0.6) is 0 Å². The summed E-state index contributed by atoms with van der Waals surface area (Å²) in [5, 5.41) is 9.53. The van der Waals surface area contributed by atoms with E-state index in [1.54, 1.807) is 11.1 Å². The van der Waals surface area contributed by atoms with Gasteiger partial charge in [-0.05, 0) is 37.3 Å². The van der Waals surface area contributed by atoms with Crippen molar-refractivity contribution in [1.29, 1.82) is 5.26 Å². The van der Waals surface area contributed by atoms with Crippen molar-refractivity contribution in [2.24, 2.45) is 0 Å². The van der Waals surface area contributed by atoms with Crippen LogP contribution in [0.3, 0.4) is 0 Å². The SMILES string of the molecule is CCCCN(/C=C(/C#N)C(=O)N1CCCc2ccccc21)CCC. The van der Waals surface area contributed by atoms with Crippen LogP contribution in [0.1, 0.15) is 45.1 Å². The first-order valence-corrected chi connectivity index (χ1v) is 8.97. The van der Waals surface area contributed by atoms with Gasteiger partial charge in [-0.1, -0.05) is 38.5 Å². The fraction of sp³-hybridized carbons (Fsp3) is 0.500. The number of aryl methyl sites for hydroxylation is 1. The summed E-state index contributed by atoms with van der Waals surface area (Å²) < 4.78 is 0. The lowest BCUT2D eigenvalue weighted by Crippen LogP contribution is -2.37. The Balaban J connectivity index is 2.22. The molecule has 0 spiro atoms. The minimum atomic E-state index is -0.178. The summed E-state index contributed by atoms with van der Waals surface area (Å²) in [7, 11) is 0. The predicted molar refractivity (Wildman–Crippen MR) is 97.6 cm³/mol. The summed E-state index contributed by atoms with van der Waals surface area (Å²) in [5.41, 5.74) is 2.37. The van der Waals surface area contributed by atoms with Crippen molar-refractivity contribution in [3.63, 3.8) is 0 Å². The Kier molecular flexibility index (Phi) is 6.87. The molecule has 1 amide bonds. The van der Waals surface area contributed by atoms with Gasteiger partial charge in [0.05, 0.1) is 0 Å². The fourth-order valence-electron chi connectivity index (χ4n) is 3.09. The third kappa shape index (κ3) is 4.38. The Hall–Kier alpha value is -2.28. The van der Waals surface area contributed by atoms with Crippen molar-refractivity contribution in [2.75, 3.05) is 24.5 Å². The van der Waals surface area contributed by atoms with E-state index >= 15 is 0 Å². The van der Waals surface area contributed by atoms with E-state index in [2.05, 4.69) is 30.9 Å². The molecule has 0 aliphatic carbocycles. The maximum Gasteiger partial charge on any atom is 0.270 e. The first-order valence-electron chi connectivity index (χ1n) is 8.97. The van der Waals surface area contributed by atoms with Crippen molar-refractivity contribution in [1.82, 2.24) is 4.90 Å². The van der Waals surface area contributed by atoms with Gasteiger partial charge in [0.25, 0.3) is 5.91 Å². The molecular formula is C20H27N3O. The molecular weight excluding hydrogens is 298 g/mol. The highest BCUT2D eigenvalue weighted by molar-refractivity contribution is 6.08. The molecule has 1 aromatic carbocycles. The van der Waals surface area contributed by atoms with Gasteiger partial charge in [0.1, 0.15) is 11.6 Å². The van der Waals surface area contributed by atoms with E-state index in [1.165, 1.54) is 5.56 Å². The van der Waals surface area contributed by atoms with Crippen molar-refractivity contribution in [3.8, 4) is 6.07 Å². The molecule has 0 radical (unpaired) electrons. The van der Waals surface area contributed by atoms with Gasteiger partial charge in [0, 0.05) is 31.5 Å². The second-order valence-corrected chi connectivity index (χ2v) is 6.23. The Labute approximate surface area is 145 Å². The van der Waals surface area contributed by atoms with E-state index in [1.807, 2.05) is 18.2 Å². The number of rotatable bonds is 7. The number of hydrogen-bond acceptors (Lipinski definition) is 3. The Morgan fingerprint density at radius 3 is 2.79 bits per heavy atom. The van der Waals surface area contributed by atoms with E-state index in [0.717, 1.165) is 50.9 Å². The normalized spacial score (nSPS) is 14.0. The van der Waals surface area contributed by atoms with E-state index in [-0.39, 0.29) is 11.5 Å². The molecule has 4 nitrogen and oxygen atoms in total. The number of para-hydroxylation sites is 1. The molecule has 1 aromatic rings. The molecule has 0 N–H and O–H groups in total. The standard InChI is InChI=1S/C20H27N3O/c1-3-5-13-22(12-4-2)16-18(15-21)20(24)23-14-8-10-17-9-6-7-11-19(17)23/h6-7,9,11,16H,3-5,8,10,12-14H2,1-2H3/b18-16-. The van der Waals surface area contributed by atoms with E-state index in [4.69, 9.17) is 0 Å². The van der Waals surface area contributed by atoms with Gasteiger partial charge >= 0.3 is 0 Å². The average molecular weight is 325 g/mol. The predicted octanol–water partition coefficient (Wildman–Crippen LogP) is 3.89. The number of nitrogens with zero attached hydrogens (tertiary/aromatic N) is 3. The molecule has 1 aliphatic heterocycles. The molecule has 0 bridgehead atoms. The van der Waals surface area contributed by atoms with Crippen LogP contribution in [0, 0.1) is 11.3 Å². The largest absolute Gasteiger partial charge is 0.376 e. The van der Waals surface area contributed by atoms with Crippen LogP contribution in [0.4, 0.5) is 5.69 Å². The quantitative estimate of drug-likeness (QED) is 0.564. The molecule has 24 heavy (non-hydrogen) atoms. The third-order valence-corrected chi connectivity index (χ3v) is 4.33. The molecule has 128 valence electrons. The number of carbonyl (C=O) groups is 1. The smallest absolute Gasteiger partial charge is 0.270 e. The molecule has 1 aliphatic rings. The molecule has 4 heteroatoms. The molecule has 1 heterocycles. The number of unbranched alkanes of at least 4 members (excludes halogenated alkanes) is 1. The van der Waals surface area contributed by atoms with Gasteiger partial charge in [-0.25, -0.2) is 0 Å². The summed E-state index contributed by atoms with van der Waals surface area (Å²) in [5.74, 6) is -0.178. The highest BCUT2D eigenvalue weighted by atomic mass is 16.2. The summed E-state index contributed by atoms with van der Waals surface area (Å²) in [4.78, 5) is 16.8. The summed E-state index contributed by atoms with van der Waals surface area (Å²) in [6, 6.07) is 10.1. The van der Waals surface area contributed by atoms with Crippen molar-refractivity contribution >= 4 is 11.6 Å². The first-order chi connectivity index (χ1) is 11.7. The summed E-state index contributed by atoms with van der Waals surface area (Å²) in [6.07, 6.45) is 6.86. The lowest BCUT2D eigenvalue weighted by molar-refractivity contribution is -0.114. The second kappa shape index (κ2) is 9.12. The van der Waals surface area contributed by atoms with Crippen molar-refractivity contribution in [2.45, 2.75) is 46.0 Å². The van der Waals surface area contributed by atoms with Gasteiger partial charge in [0.15, 0.2) is 0 Å². The minimum absolute atomic E-state index is 0.178.